The maximum absolute atomic E-state index is 12.5. The lowest BCUT2D eigenvalue weighted by Crippen LogP contribution is -2.29. The Morgan fingerprint density at radius 1 is 0.957 bits per heavy atom. The lowest BCUT2D eigenvalue weighted by Gasteiger charge is -2.13. The lowest BCUT2D eigenvalue weighted by molar-refractivity contribution is -0.120. The Morgan fingerprint density at radius 2 is 1.65 bits per heavy atom. The summed E-state index contributed by atoms with van der Waals surface area (Å²) in [5.41, 5.74) is 3.88. The van der Waals surface area contributed by atoms with Crippen LogP contribution in [0.15, 0.2) is 54.2 Å². The Kier molecular flexibility index (Phi) is 5.31. The quantitative estimate of drug-likeness (QED) is 0.850. The maximum Gasteiger partial charge on any atom is 0.272 e. The van der Waals surface area contributed by atoms with Gasteiger partial charge in [0.15, 0.2) is 0 Å². The van der Waals surface area contributed by atoms with Crippen molar-refractivity contribution in [3.63, 3.8) is 0 Å². The van der Waals surface area contributed by atoms with Crippen molar-refractivity contribution in [3.8, 4) is 0 Å². The van der Waals surface area contributed by atoms with Crippen LogP contribution in [0.2, 0.25) is 0 Å². The van der Waals surface area contributed by atoms with E-state index in [0.717, 1.165) is 22.4 Å². The normalized spacial score (nSPS) is 11.0. The van der Waals surface area contributed by atoms with E-state index in [1.807, 2.05) is 62.4 Å². The SMILES string of the molecule is CC(=O)N/C(=C\c1ccccc1)C(=O)Nc1cccc(C)c1C. The molecule has 0 atom stereocenters. The smallest absolute Gasteiger partial charge is 0.272 e. The van der Waals surface area contributed by atoms with E-state index >= 15 is 0 Å². The number of amides is 2. The number of benzene rings is 2. The minimum atomic E-state index is -0.349. The van der Waals surface area contributed by atoms with Gasteiger partial charge >= 0.3 is 0 Å². The number of carbonyl (C=O) groups is 2. The Labute approximate surface area is 136 Å². The van der Waals surface area contributed by atoms with Crippen molar-refractivity contribution in [3.05, 3.63) is 70.9 Å². The molecule has 4 nitrogen and oxygen atoms in total. The molecule has 2 amide bonds. The molecule has 0 aliphatic rings. The molecule has 2 N–H and O–H groups in total. The van der Waals surface area contributed by atoms with Gasteiger partial charge in [0.2, 0.25) is 5.91 Å². The highest BCUT2D eigenvalue weighted by molar-refractivity contribution is 6.08. The molecule has 0 bridgehead atoms. The Hall–Kier alpha value is -2.88. The average Bonchev–Trinajstić information content (AvgIpc) is 2.52. The fourth-order valence-electron chi connectivity index (χ4n) is 2.14. The van der Waals surface area contributed by atoms with Crippen LogP contribution in [-0.2, 0) is 9.59 Å². The number of carbonyl (C=O) groups excluding carboxylic acids is 2. The van der Waals surface area contributed by atoms with Crippen LogP contribution in [0.1, 0.15) is 23.6 Å². The van der Waals surface area contributed by atoms with Crippen LogP contribution in [0.5, 0.6) is 0 Å². The van der Waals surface area contributed by atoms with Crippen molar-refractivity contribution in [1.82, 2.24) is 5.32 Å². The Morgan fingerprint density at radius 3 is 2.30 bits per heavy atom. The second-order valence-electron chi connectivity index (χ2n) is 5.35. The summed E-state index contributed by atoms with van der Waals surface area (Å²) in [6.07, 6.45) is 1.65. The van der Waals surface area contributed by atoms with E-state index in [1.54, 1.807) is 6.08 Å². The molecule has 0 aromatic heterocycles. The fraction of sp³-hybridized carbons (Fsp3) is 0.158. The van der Waals surface area contributed by atoms with E-state index in [-0.39, 0.29) is 17.5 Å². The average molecular weight is 308 g/mol. The summed E-state index contributed by atoms with van der Waals surface area (Å²) in [7, 11) is 0. The summed E-state index contributed by atoms with van der Waals surface area (Å²) in [5.74, 6) is -0.638. The lowest BCUT2D eigenvalue weighted by atomic mass is 10.1. The molecule has 0 spiro atoms. The van der Waals surface area contributed by atoms with Crippen LogP contribution in [0.25, 0.3) is 6.08 Å². The third kappa shape index (κ3) is 4.54. The number of anilines is 1. The van der Waals surface area contributed by atoms with Gasteiger partial charge in [0.05, 0.1) is 0 Å². The molecule has 0 saturated carbocycles. The molecule has 0 saturated heterocycles. The molecule has 23 heavy (non-hydrogen) atoms. The first-order valence-electron chi connectivity index (χ1n) is 7.39. The van der Waals surface area contributed by atoms with Gasteiger partial charge in [-0.15, -0.1) is 0 Å². The summed E-state index contributed by atoms with van der Waals surface area (Å²) < 4.78 is 0. The zero-order chi connectivity index (χ0) is 16.8. The third-order valence-electron chi connectivity index (χ3n) is 3.52. The molecule has 118 valence electrons. The summed E-state index contributed by atoms with van der Waals surface area (Å²) >= 11 is 0. The molecule has 0 unspecified atom stereocenters. The van der Waals surface area contributed by atoms with Crippen LogP contribution in [0.3, 0.4) is 0 Å². The van der Waals surface area contributed by atoms with Gasteiger partial charge in [-0.1, -0.05) is 42.5 Å². The van der Waals surface area contributed by atoms with Crippen LogP contribution in [0, 0.1) is 13.8 Å². The second-order valence-corrected chi connectivity index (χ2v) is 5.35. The van der Waals surface area contributed by atoms with Crippen molar-refractivity contribution >= 4 is 23.6 Å². The number of hydrogen-bond donors (Lipinski definition) is 2. The summed E-state index contributed by atoms with van der Waals surface area (Å²) in [4.78, 5) is 23.9. The molecule has 2 rings (SSSR count). The van der Waals surface area contributed by atoms with E-state index in [1.165, 1.54) is 6.92 Å². The van der Waals surface area contributed by atoms with Gasteiger partial charge in [-0.3, -0.25) is 9.59 Å². The predicted molar refractivity (Wildman–Crippen MR) is 92.8 cm³/mol. The summed E-state index contributed by atoms with van der Waals surface area (Å²) in [5, 5.41) is 5.45. The van der Waals surface area contributed by atoms with E-state index < -0.39 is 0 Å². The molecular formula is C19H20N2O2. The Balaban J connectivity index is 2.28. The van der Waals surface area contributed by atoms with Crippen LogP contribution in [0.4, 0.5) is 5.69 Å². The highest BCUT2D eigenvalue weighted by Crippen LogP contribution is 2.18. The van der Waals surface area contributed by atoms with E-state index in [9.17, 15) is 9.59 Å². The second kappa shape index (κ2) is 7.40. The molecule has 0 aliphatic carbocycles. The van der Waals surface area contributed by atoms with Crippen molar-refractivity contribution in [1.29, 1.82) is 0 Å². The number of aryl methyl sites for hydroxylation is 1. The largest absolute Gasteiger partial charge is 0.322 e. The van der Waals surface area contributed by atoms with Gasteiger partial charge in [-0.2, -0.15) is 0 Å². The molecule has 0 heterocycles. The fourth-order valence-corrected chi connectivity index (χ4v) is 2.14. The zero-order valence-electron chi connectivity index (χ0n) is 13.5. The first-order valence-corrected chi connectivity index (χ1v) is 7.39. The van der Waals surface area contributed by atoms with Gasteiger partial charge in [0.25, 0.3) is 5.91 Å². The summed E-state index contributed by atoms with van der Waals surface area (Å²) in [6, 6.07) is 15.1. The molecule has 0 radical (unpaired) electrons. The number of hydrogen-bond acceptors (Lipinski definition) is 2. The Bertz CT molecular complexity index is 749. The third-order valence-corrected chi connectivity index (χ3v) is 3.52. The van der Waals surface area contributed by atoms with Gasteiger partial charge in [0, 0.05) is 12.6 Å². The molecule has 2 aromatic carbocycles. The monoisotopic (exact) mass is 308 g/mol. The molecule has 2 aromatic rings. The van der Waals surface area contributed by atoms with Gasteiger partial charge in [0.1, 0.15) is 5.70 Å². The minimum absolute atomic E-state index is 0.213. The van der Waals surface area contributed by atoms with Crippen LogP contribution >= 0.6 is 0 Å². The van der Waals surface area contributed by atoms with Crippen LogP contribution < -0.4 is 10.6 Å². The van der Waals surface area contributed by atoms with Crippen LogP contribution in [-0.4, -0.2) is 11.8 Å². The molecule has 0 aliphatic heterocycles. The van der Waals surface area contributed by atoms with E-state index in [2.05, 4.69) is 10.6 Å². The first-order chi connectivity index (χ1) is 11.0. The topological polar surface area (TPSA) is 58.2 Å². The van der Waals surface area contributed by atoms with Crippen molar-refractivity contribution in [2.45, 2.75) is 20.8 Å². The summed E-state index contributed by atoms with van der Waals surface area (Å²) in [6.45, 7) is 5.31. The van der Waals surface area contributed by atoms with Crippen molar-refractivity contribution in [2.24, 2.45) is 0 Å². The number of rotatable bonds is 4. The molecular weight excluding hydrogens is 288 g/mol. The van der Waals surface area contributed by atoms with E-state index in [4.69, 9.17) is 0 Å². The predicted octanol–water partition coefficient (Wildman–Crippen LogP) is 3.42. The molecule has 0 fully saturated rings. The van der Waals surface area contributed by atoms with E-state index in [0.29, 0.717) is 0 Å². The minimum Gasteiger partial charge on any atom is -0.322 e. The van der Waals surface area contributed by atoms with Crippen molar-refractivity contribution in [2.75, 3.05) is 5.32 Å². The first kappa shape index (κ1) is 16.5. The standard InChI is InChI=1S/C19H20N2O2/c1-13-8-7-11-17(14(13)2)21-19(23)18(20-15(3)22)12-16-9-5-4-6-10-16/h4-12H,1-3H3,(H,20,22)(H,21,23)/b18-12-. The highest BCUT2D eigenvalue weighted by atomic mass is 16.2. The molecule has 4 heteroatoms. The maximum atomic E-state index is 12.5. The number of nitrogens with one attached hydrogen (secondary N) is 2. The van der Waals surface area contributed by atoms with Crippen molar-refractivity contribution < 1.29 is 9.59 Å². The highest BCUT2D eigenvalue weighted by Gasteiger charge is 2.13. The zero-order valence-corrected chi connectivity index (χ0v) is 13.5. The van der Waals surface area contributed by atoms with Gasteiger partial charge < -0.3 is 10.6 Å². The van der Waals surface area contributed by atoms with Gasteiger partial charge in [-0.25, -0.2) is 0 Å². The van der Waals surface area contributed by atoms with Gasteiger partial charge in [-0.05, 0) is 42.7 Å².